The van der Waals surface area contributed by atoms with E-state index in [4.69, 9.17) is 18.9 Å². The highest BCUT2D eigenvalue weighted by atomic mass is 16.5. The van der Waals surface area contributed by atoms with E-state index in [0.29, 0.717) is 23.5 Å². The molecule has 0 radical (unpaired) electrons. The summed E-state index contributed by atoms with van der Waals surface area (Å²) in [5, 5.41) is 14.3. The molecule has 1 heterocycles. The van der Waals surface area contributed by atoms with Gasteiger partial charge in [-0.25, -0.2) is 0 Å². The van der Waals surface area contributed by atoms with E-state index in [1.807, 2.05) is 24.3 Å². The lowest BCUT2D eigenvalue weighted by molar-refractivity contribution is 0.201. The first-order valence-electron chi connectivity index (χ1n) is 12.5. The van der Waals surface area contributed by atoms with Gasteiger partial charge in [0.25, 0.3) is 0 Å². The number of benzene rings is 2. The second-order valence-corrected chi connectivity index (χ2v) is 9.70. The van der Waals surface area contributed by atoms with E-state index in [0.717, 1.165) is 55.7 Å². The van der Waals surface area contributed by atoms with Gasteiger partial charge in [-0.2, -0.15) is 5.26 Å². The zero-order chi connectivity index (χ0) is 25.4. The molecule has 3 rings (SSSR count). The molecule has 1 N–H and O–H groups in total. The second-order valence-electron chi connectivity index (χ2n) is 9.70. The van der Waals surface area contributed by atoms with Crippen molar-refractivity contribution in [3.63, 3.8) is 0 Å². The predicted molar refractivity (Wildman–Crippen MR) is 139 cm³/mol. The molecule has 2 aromatic carbocycles. The Morgan fingerprint density at radius 2 is 1.57 bits per heavy atom. The Morgan fingerprint density at radius 1 is 0.943 bits per heavy atom. The predicted octanol–water partition coefficient (Wildman–Crippen LogP) is 5.53. The highest BCUT2D eigenvalue weighted by molar-refractivity contribution is 5.47. The van der Waals surface area contributed by atoms with Gasteiger partial charge < -0.3 is 24.3 Å². The molecule has 0 bridgehead atoms. The maximum absolute atomic E-state index is 10.6. The van der Waals surface area contributed by atoms with Crippen molar-refractivity contribution in [1.29, 1.82) is 5.26 Å². The first kappa shape index (κ1) is 26.7. The van der Waals surface area contributed by atoms with Crippen LogP contribution < -0.4 is 24.3 Å². The normalized spacial score (nSPS) is 19.5. The molecule has 0 spiro atoms. The number of rotatable bonds is 11. The van der Waals surface area contributed by atoms with Gasteiger partial charge in [-0.15, -0.1) is 0 Å². The van der Waals surface area contributed by atoms with Crippen molar-refractivity contribution in [1.82, 2.24) is 5.32 Å². The average Bonchev–Trinajstić information content (AvgIpc) is 2.90. The van der Waals surface area contributed by atoms with Gasteiger partial charge in [0.2, 0.25) is 0 Å². The van der Waals surface area contributed by atoms with E-state index in [2.05, 4.69) is 37.4 Å². The molecule has 35 heavy (non-hydrogen) atoms. The van der Waals surface area contributed by atoms with Crippen molar-refractivity contribution >= 4 is 0 Å². The number of aryl methyl sites for hydroxylation is 1. The lowest BCUT2D eigenvalue weighted by atomic mass is 9.65. The molecule has 0 aromatic heterocycles. The number of piperidine rings is 1. The SMILES string of the molecule is COc1ccc(CCC2NCCCC2CC(C#N)(c2ccc(OC)c(OC)c2)C(C)C)cc1OC. The molecule has 3 unspecified atom stereocenters. The number of hydrogen-bond acceptors (Lipinski definition) is 6. The minimum atomic E-state index is -0.606. The van der Waals surface area contributed by atoms with E-state index in [1.54, 1.807) is 28.4 Å². The number of hydrogen-bond donors (Lipinski definition) is 1. The quantitative estimate of drug-likeness (QED) is 0.456. The van der Waals surface area contributed by atoms with Crippen LogP contribution in [0.4, 0.5) is 0 Å². The monoisotopic (exact) mass is 480 g/mol. The Balaban J connectivity index is 1.83. The maximum Gasteiger partial charge on any atom is 0.161 e. The van der Waals surface area contributed by atoms with Crippen molar-refractivity contribution in [3.8, 4) is 29.1 Å². The molecule has 2 aromatic rings. The van der Waals surface area contributed by atoms with Gasteiger partial charge in [0.1, 0.15) is 0 Å². The van der Waals surface area contributed by atoms with Gasteiger partial charge in [0, 0.05) is 6.04 Å². The fourth-order valence-electron chi connectivity index (χ4n) is 5.41. The highest BCUT2D eigenvalue weighted by Crippen LogP contribution is 2.43. The van der Waals surface area contributed by atoms with Gasteiger partial charge in [-0.05, 0) is 85.9 Å². The summed E-state index contributed by atoms with van der Waals surface area (Å²) in [6.07, 6.45) is 4.99. The first-order valence-corrected chi connectivity index (χ1v) is 12.5. The molecule has 6 heteroatoms. The molecule has 1 aliphatic heterocycles. The summed E-state index contributed by atoms with van der Waals surface area (Å²) in [6, 6.07) is 15.1. The molecule has 1 fully saturated rings. The molecular weight excluding hydrogens is 440 g/mol. The molecule has 3 atom stereocenters. The molecule has 6 nitrogen and oxygen atoms in total. The van der Waals surface area contributed by atoms with Crippen LogP contribution >= 0.6 is 0 Å². The van der Waals surface area contributed by atoms with E-state index in [9.17, 15) is 5.26 Å². The molecule has 190 valence electrons. The zero-order valence-electron chi connectivity index (χ0n) is 22.0. The maximum atomic E-state index is 10.6. The van der Waals surface area contributed by atoms with E-state index < -0.39 is 5.41 Å². The third-order valence-corrected chi connectivity index (χ3v) is 7.59. The fraction of sp³-hybridized carbons (Fsp3) is 0.552. The lowest BCUT2D eigenvalue weighted by Crippen LogP contribution is -2.45. The molecule has 1 aliphatic rings. The van der Waals surface area contributed by atoms with Crippen LogP contribution in [0.1, 0.15) is 50.7 Å². The van der Waals surface area contributed by atoms with Crippen LogP contribution in [-0.2, 0) is 11.8 Å². The number of nitrogens with one attached hydrogen (secondary N) is 1. The topological polar surface area (TPSA) is 72.7 Å². The van der Waals surface area contributed by atoms with Crippen molar-refractivity contribution in [2.45, 2.75) is 57.4 Å². The molecule has 0 saturated carbocycles. The third kappa shape index (κ3) is 5.85. The Labute approximate surface area is 210 Å². The van der Waals surface area contributed by atoms with Crippen LogP contribution in [0.5, 0.6) is 23.0 Å². The Bertz CT molecular complexity index is 1020. The summed E-state index contributed by atoms with van der Waals surface area (Å²) >= 11 is 0. The summed E-state index contributed by atoms with van der Waals surface area (Å²) in [7, 11) is 6.60. The van der Waals surface area contributed by atoms with E-state index in [-0.39, 0.29) is 5.92 Å². The average molecular weight is 481 g/mol. The van der Waals surface area contributed by atoms with Gasteiger partial charge in [0.15, 0.2) is 23.0 Å². The smallest absolute Gasteiger partial charge is 0.161 e. The molecular formula is C29H40N2O4. The summed E-state index contributed by atoms with van der Waals surface area (Å²) in [6.45, 7) is 5.31. The van der Waals surface area contributed by atoms with Gasteiger partial charge in [-0.1, -0.05) is 26.0 Å². The van der Waals surface area contributed by atoms with Crippen LogP contribution in [0.2, 0.25) is 0 Å². The van der Waals surface area contributed by atoms with Gasteiger partial charge >= 0.3 is 0 Å². The van der Waals surface area contributed by atoms with Crippen LogP contribution in [0, 0.1) is 23.2 Å². The van der Waals surface area contributed by atoms with Gasteiger partial charge in [0.05, 0.1) is 39.9 Å². The first-order chi connectivity index (χ1) is 16.9. The second kappa shape index (κ2) is 12.2. The Morgan fingerprint density at radius 3 is 2.17 bits per heavy atom. The van der Waals surface area contributed by atoms with Crippen LogP contribution in [0.3, 0.4) is 0 Å². The lowest BCUT2D eigenvalue weighted by Gasteiger charge is -2.40. The van der Waals surface area contributed by atoms with Gasteiger partial charge in [-0.3, -0.25) is 0 Å². The number of ether oxygens (including phenoxy) is 4. The Hall–Kier alpha value is -2.91. The summed E-state index contributed by atoms with van der Waals surface area (Å²) in [4.78, 5) is 0. The zero-order valence-corrected chi connectivity index (χ0v) is 22.0. The summed E-state index contributed by atoms with van der Waals surface area (Å²) in [5.74, 6) is 3.40. The van der Waals surface area contributed by atoms with E-state index in [1.165, 1.54) is 5.56 Å². The van der Waals surface area contributed by atoms with Crippen molar-refractivity contribution in [2.75, 3.05) is 35.0 Å². The van der Waals surface area contributed by atoms with Crippen LogP contribution in [-0.4, -0.2) is 41.0 Å². The molecule has 1 saturated heterocycles. The largest absolute Gasteiger partial charge is 0.493 e. The number of nitriles is 1. The van der Waals surface area contributed by atoms with E-state index >= 15 is 0 Å². The van der Waals surface area contributed by atoms with Crippen LogP contribution in [0.15, 0.2) is 36.4 Å². The van der Waals surface area contributed by atoms with Crippen molar-refractivity contribution < 1.29 is 18.9 Å². The molecule has 0 amide bonds. The molecule has 0 aliphatic carbocycles. The summed E-state index contributed by atoms with van der Waals surface area (Å²) in [5.41, 5.74) is 1.62. The Kier molecular flexibility index (Phi) is 9.28. The van der Waals surface area contributed by atoms with Crippen LogP contribution in [0.25, 0.3) is 0 Å². The number of methoxy groups -OCH3 is 4. The minimum absolute atomic E-state index is 0.152. The fourth-order valence-corrected chi connectivity index (χ4v) is 5.41. The summed E-state index contributed by atoms with van der Waals surface area (Å²) < 4.78 is 21.9. The minimum Gasteiger partial charge on any atom is -0.493 e. The highest BCUT2D eigenvalue weighted by Gasteiger charge is 2.41. The number of nitrogens with zero attached hydrogens (tertiary/aromatic N) is 1. The van der Waals surface area contributed by atoms with Crippen molar-refractivity contribution in [2.24, 2.45) is 11.8 Å². The van der Waals surface area contributed by atoms with Crippen molar-refractivity contribution in [3.05, 3.63) is 47.5 Å². The third-order valence-electron chi connectivity index (χ3n) is 7.59. The standard InChI is InChI=1S/C29H40N2O4/c1-20(2)29(19-30,23-11-14-26(33-4)28(17-23)35-6)18-22-8-7-15-31-24(22)12-9-21-10-13-25(32-3)27(16-21)34-5/h10-11,13-14,16-17,20,22,24,31H,7-9,12,15,18H2,1-6H3.